The monoisotopic (exact) mass is 500 g/mol. The van der Waals surface area contributed by atoms with Crippen molar-refractivity contribution in [3.05, 3.63) is 66.5 Å². The van der Waals surface area contributed by atoms with Crippen molar-refractivity contribution in [3.63, 3.8) is 0 Å². The van der Waals surface area contributed by atoms with Gasteiger partial charge in [-0.25, -0.2) is 9.97 Å². The number of pyridine rings is 2. The number of hydrogen-bond acceptors (Lipinski definition) is 9. The number of fused-ring (bicyclic) bond motifs is 2. The molecule has 0 unspecified atom stereocenters. The summed E-state index contributed by atoms with van der Waals surface area (Å²) in [7, 11) is 1.61. The van der Waals surface area contributed by atoms with Gasteiger partial charge in [-0.05, 0) is 36.6 Å². The summed E-state index contributed by atoms with van der Waals surface area (Å²) in [6, 6.07) is 16.4. The molecule has 2 atom stereocenters. The number of methoxy groups -OCH3 is 1. The van der Waals surface area contributed by atoms with Crippen molar-refractivity contribution in [2.24, 2.45) is 5.92 Å². The molecular weight excluding hydrogens is 468 g/mol. The van der Waals surface area contributed by atoms with Crippen LogP contribution in [0.4, 0.5) is 11.5 Å². The van der Waals surface area contributed by atoms with Crippen LogP contribution < -0.4 is 19.7 Å². The maximum Gasteiger partial charge on any atom is 0.213 e. The molecule has 9 heteroatoms. The van der Waals surface area contributed by atoms with E-state index in [0.717, 1.165) is 60.6 Å². The molecule has 0 spiro atoms. The number of piperidine rings is 1. The predicted octanol–water partition coefficient (Wildman–Crippen LogP) is 4.22. The van der Waals surface area contributed by atoms with Crippen LogP contribution in [0.1, 0.15) is 18.4 Å². The molecule has 2 fully saturated rings. The van der Waals surface area contributed by atoms with Crippen LogP contribution in [0.2, 0.25) is 0 Å². The quantitative estimate of drug-likeness (QED) is 0.382. The summed E-state index contributed by atoms with van der Waals surface area (Å²) in [5.41, 5.74) is 2.88. The molecule has 0 amide bonds. The van der Waals surface area contributed by atoms with Gasteiger partial charge in [0.25, 0.3) is 0 Å². The lowest BCUT2D eigenvalue weighted by molar-refractivity contribution is 0.0717. The number of piperazine rings is 1. The summed E-state index contributed by atoms with van der Waals surface area (Å²) in [5, 5.41) is 8.82. The zero-order valence-corrected chi connectivity index (χ0v) is 21.0. The number of rotatable bonds is 8. The first kappa shape index (κ1) is 23.5. The molecule has 0 saturated carbocycles. The first-order valence-electron chi connectivity index (χ1n) is 12.9. The molecule has 3 aromatic heterocycles. The van der Waals surface area contributed by atoms with Crippen LogP contribution in [0.15, 0.2) is 65.4 Å². The van der Waals surface area contributed by atoms with E-state index in [2.05, 4.69) is 42.4 Å². The van der Waals surface area contributed by atoms with Crippen molar-refractivity contribution < 1.29 is 14.0 Å². The minimum atomic E-state index is 0.515. The molecule has 0 bridgehead atoms. The van der Waals surface area contributed by atoms with E-state index in [9.17, 15) is 0 Å². The molecular formula is C28H32N6O3. The van der Waals surface area contributed by atoms with Gasteiger partial charge in [0.1, 0.15) is 0 Å². The van der Waals surface area contributed by atoms with Gasteiger partial charge < -0.3 is 24.2 Å². The van der Waals surface area contributed by atoms with E-state index >= 15 is 0 Å². The first-order valence-corrected chi connectivity index (χ1v) is 12.9. The zero-order valence-electron chi connectivity index (χ0n) is 21.0. The van der Waals surface area contributed by atoms with Crippen molar-refractivity contribution in [1.29, 1.82) is 0 Å². The number of nitrogens with one attached hydrogen (secondary N) is 1. The largest absolute Gasteiger partial charge is 0.481 e. The summed E-state index contributed by atoms with van der Waals surface area (Å²) < 4.78 is 16.7. The van der Waals surface area contributed by atoms with E-state index in [1.165, 1.54) is 6.42 Å². The number of aromatic nitrogens is 3. The van der Waals surface area contributed by atoms with E-state index in [1.807, 2.05) is 42.6 Å². The average molecular weight is 501 g/mol. The highest BCUT2D eigenvalue weighted by molar-refractivity contribution is 5.88. The average Bonchev–Trinajstić information content (AvgIpc) is 3.40. The van der Waals surface area contributed by atoms with Gasteiger partial charge in [0.15, 0.2) is 11.4 Å². The number of para-hydroxylation sites is 1. The van der Waals surface area contributed by atoms with Gasteiger partial charge in [0.2, 0.25) is 11.8 Å². The van der Waals surface area contributed by atoms with Crippen LogP contribution in [0.5, 0.6) is 11.8 Å². The lowest BCUT2D eigenvalue weighted by Gasteiger charge is -2.46. The van der Waals surface area contributed by atoms with Crippen LogP contribution >= 0.6 is 0 Å². The SMILES string of the molecule is COc1ccc(NCc2ccc(OC[C@@H]3CC[C@@H]4CN(c5noc6ccccc56)CCN4C3)nc2)cn1. The topological polar surface area (TPSA) is 88.8 Å². The van der Waals surface area contributed by atoms with E-state index in [0.29, 0.717) is 36.9 Å². The summed E-state index contributed by atoms with van der Waals surface area (Å²) in [6.07, 6.45) is 5.95. The molecule has 192 valence electrons. The lowest BCUT2D eigenvalue weighted by atomic mass is 9.91. The van der Waals surface area contributed by atoms with Crippen molar-refractivity contribution in [1.82, 2.24) is 20.0 Å². The standard InChI is InChI=1S/C28H32N6O3/c1-35-26-11-8-22(16-31-26)29-14-20-7-10-27(30-15-20)36-19-21-6-9-23-18-34(13-12-33(23)17-21)28-24-4-2-3-5-25(24)37-32-28/h2-5,7-8,10-11,15-16,21,23,29H,6,9,12-14,17-19H2,1H3/t21-,23-/m1/s1. The molecule has 2 aliphatic heterocycles. The Morgan fingerprint density at radius 3 is 2.70 bits per heavy atom. The third-order valence-corrected chi connectivity index (χ3v) is 7.37. The second-order valence-corrected chi connectivity index (χ2v) is 9.80. The van der Waals surface area contributed by atoms with Gasteiger partial charge in [0, 0.05) is 63.0 Å². The molecule has 4 aromatic rings. The highest BCUT2D eigenvalue weighted by Crippen LogP contribution is 2.31. The number of hydrogen-bond donors (Lipinski definition) is 1. The second kappa shape index (κ2) is 10.6. The summed E-state index contributed by atoms with van der Waals surface area (Å²) in [4.78, 5) is 13.7. The summed E-state index contributed by atoms with van der Waals surface area (Å²) in [6.45, 7) is 5.42. The van der Waals surface area contributed by atoms with Gasteiger partial charge in [-0.2, -0.15) is 0 Å². The number of benzene rings is 1. The number of nitrogens with zero attached hydrogens (tertiary/aromatic N) is 5. The van der Waals surface area contributed by atoms with E-state index < -0.39 is 0 Å². The molecule has 5 heterocycles. The van der Waals surface area contributed by atoms with Gasteiger partial charge in [0.05, 0.1) is 31.0 Å². The molecule has 1 N–H and O–H groups in total. The molecule has 0 radical (unpaired) electrons. The highest BCUT2D eigenvalue weighted by Gasteiger charge is 2.34. The molecule has 6 rings (SSSR count). The van der Waals surface area contributed by atoms with Crippen LogP contribution in [0.3, 0.4) is 0 Å². The Morgan fingerprint density at radius 2 is 1.86 bits per heavy atom. The summed E-state index contributed by atoms with van der Waals surface area (Å²) in [5.74, 6) is 2.77. The van der Waals surface area contributed by atoms with Gasteiger partial charge >= 0.3 is 0 Å². The third-order valence-electron chi connectivity index (χ3n) is 7.37. The number of anilines is 2. The summed E-state index contributed by atoms with van der Waals surface area (Å²) >= 11 is 0. The van der Waals surface area contributed by atoms with E-state index in [1.54, 1.807) is 13.3 Å². The van der Waals surface area contributed by atoms with Crippen molar-refractivity contribution >= 4 is 22.5 Å². The Kier molecular flexibility index (Phi) is 6.77. The number of ether oxygens (including phenoxy) is 2. The predicted molar refractivity (Wildman–Crippen MR) is 142 cm³/mol. The van der Waals surface area contributed by atoms with Crippen LogP contribution in [-0.4, -0.2) is 66.0 Å². The van der Waals surface area contributed by atoms with Crippen LogP contribution in [0.25, 0.3) is 11.0 Å². The fourth-order valence-corrected chi connectivity index (χ4v) is 5.30. The van der Waals surface area contributed by atoms with E-state index in [4.69, 9.17) is 14.0 Å². The minimum absolute atomic E-state index is 0.515. The maximum absolute atomic E-state index is 6.08. The second-order valence-electron chi connectivity index (χ2n) is 9.80. The van der Waals surface area contributed by atoms with E-state index in [-0.39, 0.29) is 0 Å². The normalized spacial score (nSPS) is 20.0. The molecule has 1 aromatic carbocycles. The van der Waals surface area contributed by atoms with Gasteiger partial charge in [-0.15, -0.1) is 0 Å². The maximum atomic E-state index is 6.08. The molecule has 37 heavy (non-hydrogen) atoms. The minimum Gasteiger partial charge on any atom is -0.481 e. The Balaban J connectivity index is 0.965. The third kappa shape index (κ3) is 5.32. The zero-order chi connectivity index (χ0) is 25.0. The fraction of sp³-hybridized carbons (Fsp3) is 0.393. The fourth-order valence-electron chi connectivity index (χ4n) is 5.30. The molecule has 2 aliphatic rings. The Morgan fingerprint density at radius 1 is 0.973 bits per heavy atom. The molecule has 2 saturated heterocycles. The Labute approximate surface area is 216 Å². The van der Waals surface area contributed by atoms with Crippen molar-refractivity contribution in [3.8, 4) is 11.8 Å². The highest BCUT2D eigenvalue weighted by atomic mass is 16.5. The Hall–Kier alpha value is -3.85. The van der Waals surface area contributed by atoms with Crippen LogP contribution in [0, 0.1) is 5.92 Å². The van der Waals surface area contributed by atoms with Crippen LogP contribution in [-0.2, 0) is 6.54 Å². The molecule has 9 nitrogen and oxygen atoms in total. The molecule has 0 aliphatic carbocycles. The first-order chi connectivity index (χ1) is 18.2. The Bertz CT molecular complexity index is 1310. The smallest absolute Gasteiger partial charge is 0.213 e. The van der Waals surface area contributed by atoms with Crippen molar-refractivity contribution in [2.75, 3.05) is 50.1 Å². The van der Waals surface area contributed by atoms with Crippen molar-refractivity contribution in [2.45, 2.75) is 25.4 Å². The van der Waals surface area contributed by atoms with Gasteiger partial charge in [-0.3, -0.25) is 4.90 Å². The lowest BCUT2D eigenvalue weighted by Crippen LogP contribution is -2.57. The van der Waals surface area contributed by atoms with Gasteiger partial charge in [-0.1, -0.05) is 23.4 Å².